The molecule has 3 nitrogen and oxygen atoms in total. The predicted molar refractivity (Wildman–Crippen MR) is 45.1 cm³/mol. The first-order valence-corrected chi connectivity index (χ1v) is 3.94. The Balaban J connectivity index is 3.37. The fraction of sp³-hybridized carbons (Fsp3) is 0.143. The smallest absolute Gasteiger partial charge is 0.251 e. The molecule has 1 amide bonds. The number of amides is 1. The molecule has 0 aliphatic rings. The second-order valence-corrected chi connectivity index (χ2v) is 3.07. The summed E-state index contributed by atoms with van der Waals surface area (Å²) in [6.07, 6.45) is 0. The summed E-state index contributed by atoms with van der Waals surface area (Å²) in [5.41, 5.74) is 4.93. The van der Waals surface area contributed by atoms with Crippen molar-refractivity contribution in [2.45, 2.75) is 6.92 Å². The van der Waals surface area contributed by atoms with Gasteiger partial charge in [-0.05, 0) is 28.9 Å². The van der Waals surface area contributed by atoms with Crippen molar-refractivity contribution in [2.24, 2.45) is 5.73 Å². The molecular formula is C7H6BrFN2O. The zero-order chi connectivity index (χ0) is 9.30. The number of nitrogens with two attached hydrogens (primary N) is 1. The summed E-state index contributed by atoms with van der Waals surface area (Å²) in [4.78, 5) is 14.4. The Morgan fingerprint density at radius 1 is 1.75 bits per heavy atom. The second kappa shape index (κ2) is 3.18. The first-order chi connectivity index (χ1) is 5.52. The molecule has 0 saturated carbocycles. The molecule has 1 heterocycles. The minimum Gasteiger partial charge on any atom is -0.366 e. The zero-order valence-corrected chi connectivity index (χ0v) is 7.85. The molecule has 0 radical (unpaired) electrons. The minimum absolute atomic E-state index is 0.144. The average Bonchev–Trinajstić information content (AvgIpc) is 1.96. The summed E-state index contributed by atoms with van der Waals surface area (Å²) in [5.74, 6) is -1.45. The van der Waals surface area contributed by atoms with Gasteiger partial charge in [0, 0.05) is 0 Å². The maximum atomic E-state index is 13.0. The standard InChI is InChI=1S/C7H6BrFN2O/c1-3-6(9)4(7(10)12)2-5(8)11-3/h2H,1H3,(H2,10,12). The van der Waals surface area contributed by atoms with Crippen LogP contribution in [0.1, 0.15) is 16.1 Å². The fourth-order valence-corrected chi connectivity index (χ4v) is 1.29. The molecule has 64 valence electrons. The number of hydrogen-bond acceptors (Lipinski definition) is 2. The van der Waals surface area contributed by atoms with E-state index in [0.29, 0.717) is 4.60 Å². The van der Waals surface area contributed by atoms with Gasteiger partial charge in [0.2, 0.25) is 0 Å². The Kier molecular flexibility index (Phi) is 2.42. The van der Waals surface area contributed by atoms with Crippen molar-refractivity contribution in [1.82, 2.24) is 4.98 Å². The van der Waals surface area contributed by atoms with Gasteiger partial charge >= 0.3 is 0 Å². The molecule has 0 aliphatic heterocycles. The van der Waals surface area contributed by atoms with E-state index in [9.17, 15) is 9.18 Å². The SMILES string of the molecule is Cc1nc(Br)cc(C(N)=O)c1F. The number of primary amides is 1. The quantitative estimate of drug-likeness (QED) is 0.745. The lowest BCUT2D eigenvalue weighted by Gasteiger charge is -2.01. The third-order valence-electron chi connectivity index (χ3n) is 1.36. The van der Waals surface area contributed by atoms with Gasteiger partial charge in [-0.25, -0.2) is 9.37 Å². The first kappa shape index (κ1) is 9.12. The Bertz CT molecular complexity index is 340. The largest absolute Gasteiger partial charge is 0.366 e. The van der Waals surface area contributed by atoms with Crippen molar-refractivity contribution in [2.75, 3.05) is 0 Å². The molecule has 0 aliphatic carbocycles. The van der Waals surface area contributed by atoms with Gasteiger partial charge in [-0.15, -0.1) is 0 Å². The number of rotatable bonds is 1. The number of aryl methyl sites for hydroxylation is 1. The van der Waals surface area contributed by atoms with Gasteiger partial charge in [-0.3, -0.25) is 4.79 Å². The highest BCUT2D eigenvalue weighted by atomic mass is 79.9. The van der Waals surface area contributed by atoms with Gasteiger partial charge in [0.1, 0.15) is 4.60 Å². The van der Waals surface area contributed by atoms with E-state index < -0.39 is 11.7 Å². The van der Waals surface area contributed by atoms with Crippen LogP contribution in [-0.4, -0.2) is 10.9 Å². The number of nitrogens with zero attached hydrogens (tertiary/aromatic N) is 1. The molecule has 0 atom stereocenters. The number of carbonyl (C=O) groups excluding carboxylic acids is 1. The van der Waals surface area contributed by atoms with Gasteiger partial charge < -0.3 is 5.73 Å². The summed E-state index contributed by atoms with van der Waals surface area (Å²) in [6, 6.07) is 1.25. The Labute approximate surface area is 76.9 Å². The van der Waals surface area contributed by atoms with E-state index in [2.05, 4.69) is 20.9 Å². The summed E-state index contributed by atoms with van der Waals surface area (Å²) in [6.45, 7) is 1.46. The molecule has 0 saturated heterocycles. The van der Waals surface area contributed by atoms with E-state index in [0.717, 1.165) is 0 Å². The predicted octanol–water partition coefficient (Wildman–Crippen LogP) is 1.39. The topological polar surface area (TPSA) is 56.0 Å². The monoisotopic (exact) mass is 232 g/mol. The van der Waals surface area contributed by atoms with Crippen molar-refractivity contribution in [1.29, 1.82) is 0 Å². The van der Waals surface area contributed by atoms with Crippen LogP contribution >= 0.6 is 15.9 Å². The van der Waals surface area contributed by atoms with E-state index in [1.54, 1.807) is 0 Å². The van der Waals surface area contributed by atoms with Crippen molar-refractivity contribution >= 4 is 21.8 Å². The van der Waals surface area contributed by atoms with Crippen LogP contribution < -0.4 is 5.73 Å². The highest BCUT2D eigenvalue weighted by Gasteiger charge is 2.12. The molecule has 12 heavy (non-hydrogen) atoms. The Morgan fingerprint density at radius 2 is 2.33 bits per heavy atom. The molecule has 5 heteroatoms. The van der Waals surface area contributed by atoms with Crippen molar-refractivity contribution in [3.63, 3.8) is 0 Å². The van der Waals surface area contributed by atoms with Gasteiger partial charge in [0.05, 0.1) is 11.3 Å². The number of hydrogen-bond donors (Lipinski definition) is 1. The van der Waals surface area contributed by atoms with E-state index in [4.69, 9.17) is 5.73 Å². The van der Waals surface area contributed by atoms with Crippen molar-refractivity contribution in [3.05, 3.63) is 27.7 Å². The van der Waals surface area contributed by atoms with Crippen LogP contribution in [0.15, 0.2) is 10.7 Å². The van der Waals surface area contributed by atoms with E-state index >= 15 is 0 Å². The number of aromatic nitrogens is 1. The third kappa shape index (κ3) is 1.61. The number of halogens is 2. The molecule has 0 unspecified atom stereocenters. The van der Waals surface area contributed by atoms with Crippen LogP contribution in [0.4, 0.5) is 4.39 Å². The first-order valence-electron chi connectivity index (χ1n) is 3.15. The van der Waals surface area contributed by atoms with Gasteiger partial charge in [-0.1, -0.05) is 0 Å². The minimum atomic E-state index is -0.793. The molecule has 0 fully saturated rings. The van der Waals surface area contributed by atoms with Crippen LogP contribution in [0, 0.1) is 12.7 Å². The van der Waals surface area contributed by atoms with E-state index in [-0.39, 0.29) is 11.3 Å². The van der Waals surface area contributed by atoms with Crippen molar-refractivity contribution < 1.29 is 9.18 Å². The Hall–Kier alpha value is -0.970. The van der Waals surface area contributed by atoms with Crippen molar-refractivity contribution in [3.8, 4) is 0 Å². The number of carbonyl (C=O) groups is 1. The van der Waals surface area contributed by atoms with E-state index in [1.807, 2.05) is 0 Å². The van der Waals surface area contributed by atoms with Gasteiger partial charge in [0.15, 0.2) is 5.82 Å². The molecular weight excluding hydrogens is 227 g/mol. The molecule has 2 N–H and O–H groups in total. The molecule has 0 aromatic carbocycles. The summed E-state index contributed by atoms with van der Waals surface area (Å²) in [7, 11) is 0. The molecule has 1 aromatic rings. The zero-order valence-electron chi connectivity index (χ0n) is 6.27. The van der Waals surface area contributed by atoms with Crippen LogP contribution in [0.25, 0.3) is 0 Å². The fourth-order valence-electron chi connectivity index (χ4n) is 0.798. The molecule has 1 rings (SSSR count). The number of pyridine rings is 1. The maximum absolute atomic E-state index is 13.0. The highest BCUT2D eigenvalue weighted by molar-refractivity contribution is 9.10. The van der Waals surface area contributed by atoms with E-state index in [1.165, 1.54) is 13.0 Å². The molecule has 1 aromatic heterocycles. The van der Waals surface area contributed by atoms with Gasteiger partial charge in [0.25, 0.3) is 5.91 Å². The lowest BCUT2D eigenvalue weighted by molar-refractivity contribution is 0.0996. The molecule has 0 bridgehead atoms. The lowest BCUT2D eigenvalue weighted by Crippen LogP contribution is -2.14. The second-order valence-electron chi connectivity index (χ2n) is 2.26. The average molecular weight is 233 g/mol. The highest BCUT2D eigenvalue weighted by Crippen LogP contribution is 2.15. The van der Waals surface area contributed by atoms with Gasteiger partial charge in [-0.2, -0.15) is 0 Å². The molecule has 0 spiro atoms. The third-order valence-corrected chi connectivity index (χ3v) is 1.76. The Morgan fingerprint density at radius 3 is 2.83 bits per heavy atom. The normalized spacial score (nSPS) is 9.92. The maximum Gasteiger partial charge on any atom is 0.251 e. The summed E-state index contributed by atoms with van der Waals surface area (Å²) in [5, 5.41) is 0. The summed E-state index contributed by atoms with van der Waals surface area (Å²) >= 11 is 3.03. The van der Waals surface area contributed by atoms with Crippen LogP contribution in [0.3, 0.4) is 0 Å². The van der Waals surface area contributed by atoms with Crippen LogP contribution in [0.2, 0.25) is 0 Å². The lowest BCUT2D eigenvalue weighted by atomic mass is 10.2. The summed E-state index contributed by atoms with van der Waals surface area (Å²) < 4.78 is 13.4. The van der Waals surface area contributed by atoms with Crippen LogP contribution in [-0.2, 0) is 0 Å². The van der Waals surface area contributed by atoms with Crippen LogP contribution in [0.5, 0.6) is 0 Å².